The highest BCUT2D eigenvalue weighted by molar-refractivity contribution is 5.91. The highest BCUT2D eigenvalue weighted by atomic mass is 16.1. The lowest BCUT2D eigenvalue weighted by molar-refractivity contribution is 0.112. The predicted octanol–water partition coefficient (Wildman–Crippen LogP) is 3.67. The van der Waals surface area contributed by atoms with Gasteiger partial charge in [0, 0.05) is 18.5 Å². The van der Waals surface area contributed by atoms with Crippen molar-refractivity contribution in [1.82, 2.24) is 4.98 Å². The first kappa shape index (κ1) is 13.1. The van der Waals surface area contributed by atoms with Gasteiger partial charge < -0.3 is 4.90 Å². The van der Waals surface area contributed by atoms with Gasteiger partial charge in [-0.2, -0.15) is 0 Å². The van der Waals surface area contributed by atoms with E-state index in [4.69, 9.17) is 4.98 Å². The van der Waals surface area contributed by atoms with Crippen LogP contribution in [0.2, 0.25) is 0 Å². The molecular formula is C17H20N2O. The van der Waals surface area contributed by atoms with E-state index in [9.17, 15) is 4.79 Å². The van der Waals surface area contributed by atoms with E-state index in [0.29, 0.717) is 5.56 Å². The molecule has 1 aliphatic heterocycles. The molecule has 0 radical (unpaired) electrons. The number of pyridine rings is 1. The Hall–Kier alpha value is -1.90. The Morgan fingerprint density at radius 2 is 2.10 bits per heavy atom. The molecule has 1 aromatic heterocycles. The van der Waals surface area contributed by atoms with Gasteiger partial charge in [-0.05, 0) is 37.3 Å². The van der Waals surface area contributed by atoms with Crippen LogP contribution in [-0.2, 0) is 0 Å². The lowest BCUT2D eigenvalue weighted by atomic mass is 10.0. The Morgan fingerprint density at radius 1 is 1.25 bits per heavy atom. The topological polar surface area (TPSA) is 33.2 Å². The lowest BCUT2D eigenvalue weighted by Gasteiger charge is -2.23. The fraction of sp³-hybridized carbons (Fsp3) is 0.412. The van der Waals surface area contributed by atoms with Crippen LogP contribution in [0.4, 0.5) is 5.82 Å². The molecule has 1 aliphatic rings. The van der Waals surface area contributed by atoms with Crippen molar-refractivity contribution in [3.05, 3.63) is 35.9 Å². The van der Waals surface area contributed by atoms with Crippen LogP contribution in [0.15, 0.2) is 30.3 Å². The molecule has 104 valence electrons. The summed E-state index contributed by atoms with van der Waals surface area (Å²) in [4.78, 5) is 18.4. The number of carbonyl (C=O) groups is 1. The third kappa shape index (κ3) is 2.53. The molecule has 1 saturated heterocycles. The summed E-state index contributed by atoms with van der Waals surface area (Å²) in [5.41, 5.74) is 1.67. The Labute approximate surface area is 119 Å². The second-order valence-corrected chi connectivity index (χ2v) is 5.73. The summed E-state index contributed by atoms with van der Waals surface area (Å²) in [6.45, 7) is 4.29. The number of rotatable bonds is 2. The van der Waals surface area contributed by atoms with E-state index in [1.165, 1.54) is 19.3 Å². The first-order valence-electron chi connectivity index (χ1n) is 7.38. The Bertz CT molecular complexity index is 623. The zero-order chi connectivity index (χ0) is 13.9. The van der Waals surface area contributed by atoms with E-state index in [1.54, 1.807) is 0 Å². The molecule has 1 fully saturated rings. The zero-order valence-corrected chi connectivity index (χ0v) is 11.9. The predicted molar refractivity (Wildman–Crippen MR) is 82.4 cm³/mol. The van der Waals surface area contributed by atoms with Gasteiger partial charge in [-0.3, -0.25) is 4.79 Å². The molecule has 1 aromatic carbocycles. The molecule has 0 spiro atoms. The summed E-state index contributed by atoms with van der Waals surface area (Å²) in [6, 6.07) is 9.94. The van der Waals surface area contributed by atoms with Crippen molar-refractivity contribution in [2.75, 3.05) is 18.0 Å². The number of aromatic nitrogens is 1. The fourth-order valence-corrected chi connectivity index (χ4v) is 2.94. The quantitative estimate of drug-likeness (QED) is 0.779. The molecule has 0 amide bonds. The number of nitrogens with zero attached hydrogens (tertiary/aromatic N) is 2. The molecule has 3 rings (SSSR count). The summed E-state index contributed by atoms with van der Waals surface area (Å²) in [6.07, 6.45) is 4.55. The zero-order valence-electron chi connectivity index (χ0n) is 11.9. The molecule has 0 bridgehead atoms. The molecular weight excluding hydrogens is 248 g/mol. The molecule has 1 unspecified atom stereocenters. The van der Waals surface area contributed by atoms with E-state index in [0.717, 1.165) is 42.0 Å². The van der Waals surface area contributed by atoms with Crippen LogP contribution in [0.3, 0.4) is 0 Å². The molecule has 1 atom stereocenters. The average Bonchev–Trinajstić information content (AvgIpc) is 2.70. The lowest BCUT2D eigenvalue weighted by Crippen LogP contribution is -2.26. The van der Waals surface area contributed by atoms with E-state index in [1.807, 2.05) is 30.3 Å². The van der Waals surface area contributed by atoms with Crippen molar-refractivity contribution in [2.45, 2.75) is 26.2 Å². The van der Waals surface area contributed by atoms with Crippen molar-refractivity contribution < 1.29 is 4.79 Å². The van der Waals surface area contributed by atoms with E-state index in [-0.39, 0.29) is 0 Å². The second-order valence-electron chi connectivity index (χ2n) is 5.73. The Kier molecular flexibility index (Phi) is 3.68. The summed E-state index contributed by atoms with van der Waals surface area (Å²) in [7, 11) is 0. The van der Waals surface area contributed by atoms with Gasteiger partial charge >= 0.3 is 0 Å². The summed E-state index contributed by atoms with van der Waals surface area (Å²) >= 11 is 0. The smallest absolute Gasteiger partial charge is 0.153 e. The van der Waals surface area contributed by atoms with Gasteiger partial charge in [0.05, 0.1) is 11.1 Å². The minimum Gasteiger partial charge on any atom is -0.356 e. The maximum Gasteiger partial charge on any atom is 0.153 e. The van der Waals surface area contributed by atoms with Crippen molar-refractivity contribution >= 4 is 23.0 Å². The highest BCUT2D eigenvalue weighted by Gasteiger charge is 2.18. The summed E-state index contributed by atoms with van der Waals surface area (Å²) in [5, 5.41) is 1.03. The number of aldehydes is 1. The van der Waals surface area contributed by atoms with Gasteiger partial charge in [0.15, 0.2) is 6.29 Å². The normalized spacial score (nSPS) is 19.9. The standard InChI is InChI=1S/C17H20N2O/c1-13-5-4-9-19(10-8-13)17-15(12-20)11-14-6-2-3-7-16(14)18-17/h2-3,6-7,11-13H,4-5,8-10H2,1H3. The highest BCUT2D eigenvalue weighted by Crippen LogP contribution is 2.26. The monoisotopic (exact) mass is 268 g/mol. The molecule has 0 N–H and O–H groups in total. The van der Waals surface area contributed by atoms with Gasteiger partial charge in [0.25, 0.3) is 0 Å². The van der Waals surface area contributed by atoms with E-state index in [2.05, 4.69) is 11.8 Å². The molecule has 2 heterocycles. The number of fused-ring (bicyclic) bond motifs is 1. The summed E-state index contributed by atoms with van der Waals surface area (Å²) in [5.74, 6) is 1.62. The van der Waals surface area contributed by atoms with Gasteiger partial charge in [0.2, 0.25) is 0 Å². The van der Waals surface area contributed by atoms with Crippen LogP contribution in [0.5, 0.6) is 0 Å². The van der Waals surface area contributed by atoms with Gasteiger partial charge in [0.1, 0.15) is 5.82 Å². The first-order chi connectivity index (χ1) is 9.78. The van der Waals surface area contributed by atoms with Crippen molar-refractivity contribution in [2.24, 2.45) is 5.92 Å². The number of hydrogen-bond acceptors (Lipinski definition) is 3. The number of anilines is 1. The third-order valence-corrected chi connectivity index (χ3v) is 4.18. The minimum atomic E-state index is 0.707. The summed E-state index contributed by atoms with van der Waals surface area (Å²) < 4.78 is 0. The van der Waals surface area contributed by atoms with Crippen molar-refractivity contribution in [1.29, 1.82) is 0 Å². The SMILES string of the molecule is CC1CCCN(c2nc3ccccc3cc2C=O)CC1. The first-order valence-corrected chi connectivity index (χ1v) is 7.38. The van der Waals surface area contributed by atoms with Gasteiger partial charge in [-0.25, -0.2) is 4.98 Å². The van der Waals surface area contributed by atoms with Crippen LogP contribution >= 0.6 is 0 Å². The number of hydrogen-bond donors (Lipinski definition) is 0. The van der Waals surface area contributed by atoms with Crippen molar-refractivity contribution in [3.63, 3.8) is 0 Å². The molecule has 3 heteroatoms. The second kappa shape index (κ2) is 5.61. The van der Waals surface area contributed by atoms with E-state index < -0.39 is 0 Å². The number of carbonyl (C=O) groups excluding carboxylic acids is 1. The molecule has 0 aliphatic carbocycles. The van der Waals surface area contributed by atoms with Crippen LogP contribution in [-0.4, -0.2) is 24.4 Å². The third-order valence-electron chi connectivity index (χ3n) is 4.18. The molecule has 20 heavy (non-hydrogen) atoms. The maximum absolute atomic E-state index is 11.4. The van der Waals surface area contributed by atoms with E-state index >= 15 is 0 Å². The maximum atomic E-state index is 11.4. The van der Waals surface area contributed by atoms with Crippen LogP contribution in [0, 0.1) is 5.92 Å². The van der Waals surface area contributed by atoms with Crippen LogP contribution < -0.4 is 4.90 Å². The largest absolute Gasteiger partial charge is 0.356 e. The van der Waals surface area contributed by atoms with Crippen LogP contribution in [0.25, 0.3) is 10.9 Å². The average molecular weight is 268 g/mol. The Balaban J connectivity index is 2.02. The Morgan fingerprint density at radius 3 is 2.95 bits per heavy atom. The van der Waals surface area contributed by atoms with Crippen LogP contribution in [0.1, 0.15) is 36.5 Å². The van der Waals surface area contributed by atoms with Gasteiger partial charge in [-0.15, -0.1) is 0 Å². The molecule has 0 saturated carbocycles. The minimum absolute atomic E-state index is 0.707. The van der Waals surface area contributed by atoms with Crippen molar-refractivity contribution in [3.8, 4) is 0 Å². The number of para-hydroxylation sites is 1. The molecule has 3 nitrogen and oxygen atoms in total. The fourth-order valence-electron chi connectivity index (χ4n) is 2.94. The number of benzene rings is 1. The molecule has 2 aromatic rings. The van der Waals surface area contributed by atoms with Gasteiger partial charge in [-0.1, -0.05) is 25.1 Å².